The average Bonchev–Trinajstić information content (AvgIpc) is 2.93. The zero-order valence-electron chi connectivity index (χ0n) is 23.9. The highest BCUT2D eigenvalue weighted by molar-refractivity contribution is 6.04. The molecule has 0 saturated carbocycles. The minimum absolute atomic E-state index is 0.174. The zero-order valence-corrected chi connectivity index (χ0v) is 23.9. The van der Waals surface area contributed by atoms with Crippen LogP contribution in [0.4, 0.5) is 11.5 Å². The average molecular weight is 543 g/mol. The molecule has 1 heterocycles. The number of pyridine rings is 1. The van der Waals surface area contributed by atoms with Gasteiger partial charge >= 0.3 is 0 Å². The van der Waals surface area contributed by atoms with E-state index in [-0.39, 0.29) is 11.5 Å². The second kappa shape index (κ2) is 14.1. The molecule has 8 heteroatoms. The van der Waals surface area contributed by atoms with Crippen molar-refractivity contribution in [1.29, 1.82) is 0 Å². The fourth-order valence-electron chi connectivity index (χ4n) is 3.77. The van der Waals surface area contributed by atoms with Crippen molar-refractivity contribution >= 4 is 34.7 Å². The summed E-state index contributed by atoms with van der Waals surface area (Å²) >= 11 is 0. The van der Waals surface area contributed by atoms with Gasteiger partial charge < -0.3 is 20.2 Å². The number of carbonyl (C=O) groups is 2. The van der Waals surface area contributed by atoms with Crippen LogP contribution in [0, 0.1) is 0 Å². The first-order valence-corrected chi connectivity index (χ1v) is 13.2. The van der Waals surface area contributed by atoms with Crippen molar-refractivity contribution in [3.63, 3.8) is 0 Å². The number of hydrogen-bond donors (Lipinski definition) is 3. The van der Waals surface area contributed by atoms with Crippen LogP contribution in [0.1, 0.15) is 62.0 Å². The molecule has 0 atom stereocenters. The van der Waals surface area contributed by atoms with E-state index in [4.69, 9.17) is 4.74 Å². The SMILES string of the molecule is CC(C)(C)OC=O.CNNc1ncc(COc2cccc(C(=O)Nc3ccc(C(C)C)cc3)c2)c2ccccc12. The van der Waals surface area contributed by atoms with E-state index >= 15 is 0 Å². The van der Waals surface area contributed by atoms with Gasteiger partial charge in [-0.15, -0.1) is 0 Å². The molecule has 3 N–H and O–H groups in total. The van der Waals surface area contributed by atoms with Gasteiger partial charge in [0.2, 0.25) is 0 Å². The van der Waals surface area contributed by atoms with Crippen LogP contribution in [-0.2, 0) is 16.1 Å². The lowest BCUT2D eigenvalue weighted by Crippen LogP contribution is -2.17. The quantitative estimate of drug-likeness (QED) is 0.160. The van der Waals surface area contributed by atoms with Gasteiger partial charge in [0, 0.05) is 35.4 Å². The summed E-state index contributed by atoms with van der Waals surface area (Å²) in [4.78, 5) is 26.8. The number of ether oxygens (including phenoxy) is 2. The Hall–Kier alpha value is -4.43. The Kier molecular flexibility index (Phi) is 10.6. The highest BCUT2D eigenvalue weighted by atomic mass is 16.5. The Morgan fingerprint density at radius 2 is 1.68 bits per heavy atom. The van der Waals surface area contributed by atoms with Crippen molar-refractivity contribution in [2.75, 3.05) is 17.8 Å². The topological polar surface area (TPSA) is 102 Å². The number of hydrazine groups is 1. The highest BCUT2D eigenvalue weighted by Crippen LogP contribution is 2.26. The summed E-state index contributed by atoms with van der Waals surface area (Å²) in [7, 11) is 1.80. The first-order valence-electron chi connectivity index (χ1n) is 13.2. The molecular formula is C32H38N4O4. The van der Waals surface area contributed by atoms with E-state index in [9.17, 15) is 9.59 Å². The molecule has 0 unspecified atom stereocenters. The summed E-state index contributed by atoms with van der Waals surface area (Å²) in [5.74, 6) is 1.66. The van der Waals surface area contributed by atoms with Crippen molar-refractivity contribution in [1.82, 2.24) is 10.4 Å². The highest BCUT2D eigenvalue weighted by Gasteiger charge is 2.11. The number of nitrogens with zero attached hydrogens (tertiary/aromatic N) is 1. The van der Waals surface area contributed by atoms with Crippen LogP contribution >= 0.6 is 0 Å². The molecule has 1 amide bonds. The van der Waals surface area contributed by atoms with E-state index < -0.39 is 0 Å². The molecule has 0 spiro atoms. The Balaban J connectivity index is 0.000000559. The zero-order chi connectivity index (χ0) is 29.1. The van der Waals surface area contributed by atoms with Gasteiger partial charge in [-0.2, -0.15) is 0 Å². The van der Waals surface area contributed by atoms with Crippen LogP contribution in [0.5, 0.6) is 5.75 Å². The minimum atomic E-state index is -0.318. The molecule has 3 aromatic carbocycles. The summed E-state index contributed by atoms with van der Waals surface area (Å²) in [6, 6.07) is 23.2. The second-order valence-electron chi connectivity index (χ2n) is 10.4. The number of hydrogen-bond acceptors (Lipinski definition) is 7. The van der Waals surface area contributed by atoms with Crippen LogP contribution in [0.15, 0.2) is 79.0 Å². The smallest absolute Gasteiger partial charge is 0.293 e. The summed E-state index contributed by atoms with van der Waals surface area (Å²) in [5.41, 5.74) is 9.16. The van der Waals surface area contributed by atoms with E-state index in [2.05, 4.69) is 39.7 Å². The largest absolute Gasteiger partial charge is 0.489 e. The molecule has 1 aromatic heterocycles. The lowest BCUT2D eigenvalue weighted by Gasteiger charge is -2.14. The number of fused-ring (bicyclic) bond motifs is 1. The van der Waals surface area contributed by atoms with Crippen molar-refractivity contribution in [2.45, 2.75) is 52.7 Å². The Labute approximate surface area is 236 Å². The maximum atomic E-state index is 12.7. The monoisotopic (exact) mass is 542 g/mol. The number of carbonyl (C=O) groups excluding carboxylic acids is 2. The first-order chi connectivity index (χ1) is 19.1. The molecule has 8 nitrogen and oxygen atoms in total. The first kappa shape index (κ1) is 30.1. The molecule has 4 aromatic rings. The fraction of sp³-hybridized carbons (Fsp3) is 0.281. The predicted octanol–water partition coefficient (Wildman–Crippen LogP) is 6.69. The van der Waals surface area contributed by atoms with Crippen LogP contribution in [0.3, 0.4) is 0 Å². The van der Waals surface area contributed by atoms with Crippen molar-refractivity contribution < 1.29 is 19.1 Å². The van der Waals surface area contributed by atoms with Crippen LogP contribution in [0.25, 0.3) is 10.8 Å². The van der Waals surface area contributed by atoms with Gasteiger partial charge in [0.15, 0.2) is 0 Å². The van der Waals surface area contributed by atoms with E-state index in [1.807, 2.05) is 81.4 Å². The lowest BCUT2D eigenvalue weighted by atomic mass is 10.0. The third-order valence-electron chi connectivity index (χ3n) is 5.85. The van der Waals surface area contributed by atoms with Crippen LogP contribution in [-0.4, -0.2) is 30.0 Å². The van der Waals surface area contributed by atoms with Crippen molar-refractivity contribution in [2.24, 2.45) is 0 Å². The molecule has 0 radical (unpaired) electrons. The number of anilines is 2. The lowest BCUT2D eigenvalue weighted by molar-refractivity contribution is -0.138. The normalized spacial score (nSPS) is 10.9. The van der Waals surface area contributed by atoms with Gasteiger partial charge in [0.05, 0.1) is 0 Å². The molecule has 210 valence electrons. The standard InChI is InChI=1S/C27H28N4O2.C5H10O2/c1-18(2)19-11-13-22(14-12-19)30-27(32)20-7-6-8-23(15-20)33-17-21-16-29-26(31-28-3)25-10-5-4-9-24(21)25;1-5(2,3)7-4-6/h4-16,18,28H,17H2,1-3H3,(H,29,31)(H,30,32);4H,1-3H3. The fourth-order valence-corrected chi connectivity index (χ4v) is 3.77. The molecule has 0 saturated heterocycles. The van der Waals surface area contributed by atoms with E-state index in [1.54, 1.807) is 25.4 Å². The Morgan fingerprint density at radius 3 is 2.27 bits per heavy atom. The van der Waals surface area contributed by atoms with Gasteiger partial charge in [-0.25, -0.2) is 10.4 Å². The number of aromatic nitrogens is 1. The maximum Gasteiger partial charge on any atom is 0.293 e. The summed E-state index contributed by atoms with van der Waals surface area (Å²) in [5, 5.41) is 5.01. The van der Waals surface area contributed by atoms with Gasteiger partial charge in [-0.1, -0.05) is 56.3 Å². The summed E-state index contributed by atoms with van der Waals surface area (Å²) in [6.45, 7) is 10.6. The van der Waals surface area contributed by atoms with Crippen molar-refractivity contribution in [3.8, 4) is 5.75 Å². The molecule has 0 aliphatic heterocycles. The van der Waals surface area contributed by atoms with Crippen molar-refractivity contribution in [3.05, 3.63) is 95.7 Å². The molecule has 0 fully saturated rings. The summed E-state index contributed by atoms with van der Waals surface area (Å²) in [6.07, 6.45) is 1.80. The predicted molar refractivity (Wildman–Crippen MR) is 161 cm³/mol. The Morgan fingerprint density at radius 1 is 0.975 bits per heavy atom. The van der Waals surface area contributed by atoms with Gasteiger partial charge in [0.25, 0.3) is 12.4 Å². The number of nitrogens with one attached hydrogen (secondary N) is 3. The molecular weight excluding hydrogens is 504 g/mol. The van der Waals surface area contributed by atoms with Gasteiger partial charge in [0.1, 0.15) is 23.8 Å². The van der Waals surface area contributed by atoms with Crippen LogP contribution < -0.4 is 20.9 Å². The number of amides is 1. The molecule has 40 heavy (non-hydrogen) atoms. The third-order valence-corrected chi connectivity index (χ3v) is 5.85. The van der Waals surface area contributed by atoms with E-state index in [1.165, 1.54) is 5.56 Å². The third kappa shape index (κ3) is 8.81. The van der Waals surface area contributed by atoms with E-state index in [0.717, 1.165) is 27.8 Å². The van der Waals surface area contributed by atoms with Crippen LogP contribution in [0.2, 0.25) is 0 Å². The second-order valence-corrected chi connectivity index (χ2v) is 10.4. The van der Waals surface area contributed by atoms with Gasteiger partial charge in [-0.3, -0.25) is 9.59 Å². The number of rotatable bonds is 9. The van der Waals surface area contributed by atoms with Gasteiger partial charge in [-0.05, 0) is 68.0 Å². The number of benzene rings is 3. The maximum absolute atomic E-state index is 12.7. The molecule has 0 bridgehead atoms. The molecule has 0 aliphatic rings. The molecule has 0 aliphatic carbocycles. The van der Waals surface area contributed by atoms with E-state index in [0.29, 0.717) is 30.3 Å². The summed E-state index contributed by atoms with van der Waals surface area (Å²) < 4.78 is 10.6. The minimum Gasteiger partial charge on any atom is -0.489 e. The molecule has 4 rings (SSSR count). The Bertz CT molecular complexity index is 1410.